The molecule has 0 radical (unpaired) electrons. The summed E-state index contributed by atoms with van der Waals surface area (Å²) in [5.41, 5.74) is 25.2. The summed E-state index contributed by atoms with van der Waals surface area (Å²) in [4.78, 5) is 7.02. The first kappa shape index (κ1) is 53.1. The van der Waals surface area contributed by atoms with Crippen molar-refractivity contribution in [2.45, 2.75) is 125 Å². The molecule has 2 bridgehead atoms. The second kappa shape index (κ2) is 17.9. The summed E-state index contributed by atoms with van der Waals surface area (Å²) in [5.74, 6) is -1.61. The van der Waals surface area contributed by atoms with Gasteiger partial charge in [-0.05, 0) is 215 Å². The number of phenols is 6. The van der Waals surface area contributed by atoms with Gasteiger partial charge in [-0.15, -0.1) is 11.3 Å². The van der Waals surface area contributed by atoms with Crippen LogP contribution in [0, 0.1) is 76.2 Å². The summed E-state index contributed by atoms with van der Waals surface area (Å²) in [6.07, 6.45) is 2.31. The Labute approximate surface area is 492 Å². The van der Waals surface area contributed by atoms with Crippen LogP contribution in [0.1, 0.15) is 117 Å². The third-order valence-corrected chi connectivity index (χ3v) is 22.1. The van der Waals surface area contributed by atoms with Crippen molar-refractivity contribution >= 4 is 118 Å². The van der Waals surface area contributed by atoms with Crippen molar-refractivity contribution in [1.29, 1.82) is 0 Å². The van der Waals surface area contributed by atoms with Crippen molar-refractivity contribution in [3.8, 4) is 45.6 Å². The Balaban J connectivity index is 1.24. The molecule has 13 rings (SSSR count). The van der Waals surface area contributed by atoms with E-state index >= 15 is 0 Å². The standard InChI is InChI=1S/C69H67BIN3O6S/c1-31-32(2)34(4)57(35(5)33(31)3)72-45-23-24-46-49(30-45)73(48-22-18-16-20-43(48)27-42-19-15-17-21-47(42)72)50-28-44(52-38(8)54-55(64(79)63(52)78)69(14,71)26-25-68(54,12)13)29-51-56(50)70(46)67-59(53-39(9)60(75)36(6)37(7)66(53)81-67)74(51)58-40(10)61(76)65(80)62(77)41(58)11/h15-24,28-30,75-80H,25-27H2,1-14H3. The number of rotatable bonds is 3. The van der Waals surface area contributed by atoms with Gasteiger partial charge in [-0.25, -0.2) is 0 Å². The SMILES string of the molecule is Cc1c(C)c(C)c(N2c3ccc4c(c3)N(c3ccccc3Cc3ccccc32)c2cc(-c3c(C)c5c(c(O)c3O)C(C)(I)CCC5(C)C)cc3c2B4c2sc4c(C)c(C)c(O)c(C)c4c2N3c2c(C)c(O)c(O)c(O)c2C)c(C)c1C. The van der Waals surface area contributed by atoms with Gasteiger partial charge in [0.1, 0.15) is 5.75 Å². The number of benzene rings is 8. The summed E-state index contributed by atoms with van der Waals surface area (Å²) in [5, 5.41) is 73.6. The van der Waals surface area contributed by atoms with Crippen LogP contribution in [-0.2, 0) is 15.3 Å². The average Bonchev–Trinajstić information content (AvgIpc) is 4.13. The molecule has 410 valence electrons. The van der Waals surface area contributed by atoms with Crippen LogP contribution < -0.4 is 30.4 Å². The van der Waals surface area contributed by atoms with Crippen molar-refractivity contribution in [1.82, 2.24) is 0 Å². The van der Waals surface area contributed by atoms with E-state index in [2.05, 4.69) is 185 Å². The Morgan fingerprint density at radius 1 is 0.469 bits per heavy atom. The second-order valence-corrected chi connectivity index (χ2v) is 27.9. The first-order chi connectivity index (χ1) is 38.3. The third kappa shape index (κ3) is 7.07. The van der Waals surface area contributed by atoms with Gasteiger partial charge in [-0.2, -0.15) is 0 Å². The van der Waals surface area contributed by atoms with Crippen molar-refractivity contribution < 1.29 is 30.6 Å². The Bertz CT molecular complexity index is 4290. The minimum absolute atomic E-state index is 0.121. The number of para-hydroxylation sites is 2. The summed E-state index contributed by atoms with van der Waals surface area (Å²) in [6, 6.07) is 28.7. The molecule has 0 amide bonds. The molecule has 1 unspecified atom stereocenters. The number of halogens is 1. The van der Waals surface area contributed by atoms with Crippen molar-refractivity contribution in [2.75, 3.05) is 14.7 Å². The quantitative estimate of drug-likeness (QED) is 0.0443. The van der Waals surface area contributed by atoms with Gasteiger partial charge in [0.2, 0.25) is 5.75 Å². The lowest BCUT2D eigenvalue weighted by Crippen LogP contribution is -2.60. The zero-order chi connectivity index (χ0) is 57.7. The summed E-state index contributed by atoms with van der Waals surface area (Å²) in [6.45, 7) is 29.0. The monoisotopic (exact) mass is 1200 g/mol. The highest BCUT2D eigenvalue weighted by Crippen LogP contribution is 2.61. The van der Waals surface area contributed by atoms with Crippen LogP contribution in [0.25, 0.3) is 21.2 Å². The van der Waals surface area contributed by atoms with E-state index in [9.17, 15) is 30.6 Å². The van der Waals surface area contributed by atoms with Crippen molar-refractivity contribution in [3.05, 3.63) is 162 Å². The van der Waals surface area contributed by atoms with E-state index in [1.165, 1.54) is 27.8 Å². The number of thiophene rings is 1. The minimum atomic E-state index is -0.601. The van der Waals surface area contributed by atoms with E-state index in [4.69, 9.17) is 0 Å². The summed E-state index contributed by atoms with van der Waals surface area (Å²) >= 11 is 4.15. The van der Waals surface area contributed by atoms with Gasteiger partial charge in [0.15, 0.2) is 23.0 Å². The maximum absolute atomic E-state index is 12.9. The maximum atomic E-state index is 12.9. The number of fused-ring (bicyclic) bond motifs is 11. The third-order valence-electron chi connectivity index (χ3n) is 19.6. The molecule has 1 atom stereocenters. The van der Waals surface area contributed by atoms with Crippen LogP contribution in [-0.4, -0.2) is 37.4 Å². The molecule has 0 saturated heterocycles. The summed E-state index contributed by atoms with van der Waals surface area (Å²) in [7, 11) is 0. The first-order valence-corrected chi connectivity index (χ1v) is 29.9. The molecule has 81 heavy (non-hydrogen) atoms. The van der Waals surface area contributed by atoms with Crippen LogP contribution in [0.5, 0.6) is 34.5 Å². The Morgan fingerprint density at radius 3 is 1.64 bits per heavy atom. The fourth-order valence-electron chi connectivity index (χ4n) is 14.8. The number of phenolic OH excluding ortho intramolecular Hbond substituents is 6. The molecule has 3 aliphatic heterocycles. The lowest BCUT2D eigenvalue weighted by atomic mass is 9.36. The van der Waals surface area contributed by atoms with Crippen LogP contribution in [0.3, 0.4) is 0 Å². The Hall–Kier alpha value is -7.29. The largest absolute Gasteiger partial charge is 0.507 e. The van der Waals surface area contributed by atoms with Gasteiger partial charge in [0.05, 0.1) is 17.1 Å². The molecule has 9 nitrogen and oxygen atoms in total. The normalized spacial score (nSPS) is 16.5. The zero-order valence-electron chi connectivity index (χ0n) is 48.5. The smallest absolute Gasteiger partial charge is 0.264 e. The Morgan fingerprint density at radius 2 is 1.02 bits per heavy atom. The average molecular weight is 1200 g/mol. The van der Waals surface area contributed by atoms with Gasteiger partial charge >= 0.3 is 0 Å². The molecule has 8 aromatic carbocycles. The van der Waals surface area contributed by atoms with Gasteiger partial charge < -0.3 is 45.3 Å². The lowest BCUT2D eigenvalue weighted by Gasteiger charge is -2.45. The fourth-order valence-corrected chi connectivity index (χ4v) is 17.1. The van der Waals surface area contributed by atoms with Crippen molar-refractivity contribution in [3.63, 3.8) is 0 Å². The topological polar surface area (TPSA) is 131 Å². The second-order valence-electron chi connectivity index (χ2n) is 24.4. The molecule has 9 aromatic rings. The maximum Gasteiger partial charge on any atom is 0.264 e. The molecule has 0 saturated carbocycles. The Kier molecular flexibility index (Phi) is 11.7. The number of alkyl halides is 1. The van der Waals surface area contributed by atoms with E-state index in [0.29, 0.717) is 39.9 Å². The van der Waals surface area contributed by atoms with Gasteiger partial charge in [0.25, 0.3) is 6.71 Å². The predicted molar refractivity (Wildman–Crippen MR) is 344 cm³/mol. The fraction of sp³-hybridized carbons (Fsp3) is 0.275. The minimum Gasteiger partial charge on any atom is -0.507 e. The first-order valence-electron chi connectivity index (χ1n) is 28.0. The van der Waals surface area contributed by atoms with E-state index in [-0.39, 0.29) is 22.7 Å². The van der Waals surface area contributed by atoms with E-state index in [0.717, 1.165) is 123 Å². The number of aromatic hydroxyl groups is 6. The number of nitrogens with zero attached hydrogens (tertiary/aromatic N) is 3. The molecule has 4 aliphatic rings. The highest BCUT2D eigenvalue weighted by Gasteiger charge is 2.49. The van der Waals surface area contributed by atoms with Crippen LogP contribution in [0.4, 0.5) is 51.2 Å². The van der Waals surface area contributed by atoms with E-state index in [1.54, 1.807) is 25.2 Å². The molecular weight excluding hydrogens is 1140 g/mol. The lowest BCUT2D eigenvalue weighted by molar-refractivity contribution is 0.356. The number of anilines is 9. The van der Waals surface area contributed by atoms with E-state index in [1.807, 2.05) is 13.8 Å². The summed E-state index contributed by atoms with van der Waals surface area (Å²) < 4.78 is 1.57. The van der Waals surface area contributed by atoms with Gasteiger partial charge in [0, 0.05) is 86.6 Å². The molecule has 1 aliphatic carbocycles. The highest BCUT2D eigenvalue weighted by molar-refractivity contribution is 14.1. The molecule has 0 spiro atoms. The zero-order valence-corrected chi connectivity index (χ0v) is 51.5. The highest BCUT2D eigenvalue weighted by atomic mass is 127. The van der Waals surface area contributed by atoms with Crippen LogP contribution in [0.2, 0.25) is 0 Å². The van der Waals surface area contributed by atoms with Gasteiger partial charge in [-0.3, -0.25) is 0 Å². The van der Waals surface area contributed by atoms with Crippen molar-refractivity contribution in [2.24, 2.45) is 0 Å². The molecule has 12 heteroatoms. The van der Waals surface area contributed by atoms with E-state index < -0.39 is 27.4 Å². The molecule has 0 fully saturated rings. The number of hydrogen-bond donors (Lipinski definition) is 6. The molecule has 1 aromatic heterocycles. The number of hydrogen-bond acceptors (Lipinski definition) is 10. The number of aryl methyl sites for hydroxylation is 2. The predicted octanol–water partition coefficient (Wildman–Crippen LogP) is 16.4. The molecular formula is C69H67BIN3O6S. The molecule has 6 N–H and O–H groups in total. The van der Waals surface area contributed by atoms with Crippen LogP contribution in [0.15, 0.2) is 78.9 Å². The van der Waals surface area contributed by atoms with Gasteiger partial charge in [-0.1, -0.05) is 78.9 Å². The van der Waals surface area contributed by atoms with Crippen LogP contribution >= 0.6 is 33.9 Å². The molecule has 4 heterocycles.